The lowest BCUT2D eigenvalue weighted by molar-refractivity contribution is 0.0814. The summed E-state index contributed by atoms with van der Waals surface area (Å²) in [4.78, 5) is 0. The molecule has 0 spiro atoms. The number of aliphatic hydroxyl groups is 1. The van der Waals surface area contributed by atoms with Crippen LogP contribution in [0.15, 0.2) is 12.1 Å². The van der Waals surface area contributed by atoms with Crippen LogP contribution < -0.4 is 4.74 Å². The molecule has 0 aliphatic carbocycles. The summed E-state index contributed by atoms with van der Waals surface area (Å²) < 4.78 is 11.2. The van der Waals surface area contributed by atoms with Gasteiger partial charge in [-0.3, -0.25) is 0 Å². The number of rotatable bonds is 5. The standard InChI is InChI=1S/C18H30O3/c1-17(2,3)14-10-13(12-21-9-8-19)11-15(16(14)20-7)18(4,5)6/h10-11,19H,8-9,12H2,1-7H3. The van der Waals surface area contributed by atoms with Gasteiger partial charge in [0.2, 0.25) is 0 Å². The zero-order chi connectivity index (χ0) is 16.3. The minimum absolute atomic E-state index is 0.00165. The summed E-state index contributed by atoms with van der Waals surface area (Å²) in [6.45, 7) is 14.1. The van der Waals surface area contributed by atoms with Crippen molar-refractivity contribution in [3.63, 3.8) is 0 Å². The molecule has 0 atom stereocenters. The van der Waals surface area contributed by atoms with Crippen LogP contribution in [-0.2, 0) is 22.2 Å². The van der Waals surface area contributed by atoms with Crippen molar-refractivity contribution < 1.29 is 14.6 Å². The number of benzene rings is 1. The highest BCUT2D eigenvalue weighted by molar-refractivity contribution is 5.50. The van der Waals surface area contributed by atoms with Crippen LogP contribution >= 0.6 is 0 Å². The van der Waals surface area contributed by atoms with Crippen LogP contribution in [0.2, 0.25) is 0 Å². The third kappa shape index (κ3) is 4.72. The molecule has 1 aromatic rings. The first kappa shape index (κ1) is 18.0. The summed E-state index contributed by atoms with van der Waals surface area (Å²) in [7, 11) is 1.74. The molecule has 120 valence electrons. The molecule has 0 heterocycles. The largest absolute Gasteiger partial charge is 0.496 e. The zero-order valence-electron chi connectivity index (χ0n) is 14.5. The lowest BCUT2D eigenvalue weighted by Crippen LogP contribution is -2.20. The first-order chi connectivity index (χ1) is 9.61. The Morgan fingerprint density at radius 1 is 0.952 bits per heavy atom. The van der Waals surface area contributed by atoms with Gasteiger partial charge in [-0.15, -0.1) is 0 Å². The Balaban J connectivity index is 3.37. The van der Waals surface area contributed by atoms with E-state index in [-0.39, 0.29) is 17.4 Å². The lowest BCUT2D eigenvalue weighted by Gasteiger charge is -2.30. The van der Waals surface area contributed by atoms with Crippen molar-refractivity contribution in [3.8, 4) is 5.75 Å². The number of hydrogen-bond donors (Lipinski definition) is 1. The van der Waals surface area contributed by atoms with Crippen molar-refractivity contribution in [2.45, 2.75) is 59.0 Å². The Labute approximate surface area is 129 Å². The van der Waals surface area contributed by atoms with Gasteiger partial charge in [-0.05, 0) is 28.5 Å². The molecule has 3 nitrogen and oxygen atoms in total. The van der Waals surface area contributed by atoms with Gasteiger partial charge in [-0.1, -0.05) is 41.5 Å². The van der Waals surface area contributed by atoms with Gasteiger partial charge in [-0.2, -0.15) is 0 Å². The van der Waals surface area contributed by atoms with Crippen LogP contribution in [-0.4, -0.2) is 25.4 Å². The molecule has 0 fully saturated rings. The monoisotopic (exact) mass is 294 g/mol. The molecule has 0 unspecified atom stereocenters. The van der Waals surface area contributed by atoms with Crippen molar-refractivity contribution in [2.75, 3.05) is 20.3 Å². The Hall–Kier alpha value is -1.06. The van der Waals surface area contributed by atoms with Crippen LogP contribution in [0.4, 0.5) is 0 Å². The third-order valence-electron chi connectivity index (χ3n) is 3.47. The van der Waals surface area contributed by atoms with Crippen LogP contribution in [0, 0.1) is 0 Å². The summed E-state index contributed by atoms with van der Waals surface area (Å²) >= 11 is 0. The van der Waals surface area contributed by atoms with E-state index in [0.29, 0.717) is 13.2 Å². The Morgan fingerprint density at radius 2 is 1.43 bits per heavy atom. The molecule has 1 aromatic carbocycles. The van der Waals surface area contributed by atoms with E-state index >= 15 is 0 Å². The lowest BCUT2D eigenvalue weighted by atomic mass is 9.78. The van der Waals surface area contributed by atoms with E-state index < -0.39 is 0 Å². The van der Waals surface area contributed by atoms with E-state index in [0.717, 1.165) is 11.3 Å². The Bertz CT molecular complexity index is 429. The SMILES string of the molecule is COc1c(C(C)(C)C)cc(COCCO)cc1C(C)(C)C. The zero-order valence-corrected chi connectivity index (χ0v) is 14.5. The number of aliphatic hydroxyl groups excluding tert-OH is 1. The summed E-state index contributed by atoms with van der Waals surface area (Å²) in [5.74, 6) is 0.973. The van der Waals surface area contributed by atoms with E-state index in [1.807, 2.05) is 0 Å². The predicted molar refractivity (Wildman–Crippen MR) is 87.1 cm³/mol. The molecule has 0 saturated heterocycles. The van der Waals surface area contributed by atoms with E-state index in [4.69, 9.17) is 14.6 Å². The maximum atomic E-state index is 8.85. The molecule has 0 bridgehead atoms. The highest BCUT2D eigenvalue weighted by Gasteiger charge is 2.27. The smallest absolute Gasteiger partial charge is 0.126 e. The van der Waals surface area contributed by atoms with Gasteiger partial charge in [0, 0.05) is 11.1 Å². The number of ether oxygens (including phenoxy) is 2. The van der Waals surface area contributed by atoms with E-state index in [1.54, 1.807) is 7.11 Å². The maximum Gasteiger partial charge on any atom is 0.126 e. The highest BCUT2D eigenvalue weighted by Crippen LogP contribution is 2.40. The fourth-order valence-electron chi connectivity index (χ4n) is 2.36. The minimum Gasteiger partial charge on any atom is -0.496 e. The van der Waals surface area contributed by atoms with E-state index in [9.17, 15) is 0 Å². The van der Waals surface area contributed by atoms with Crippen molar-refractivity contribution in [1.82, 2.24) is 0 Å². The summed E-state index contributed by atoms with van der Waals surface area (Å²) in [5.41, 5.74) is 3.51. The first-order valence-corrected chi connectivity index (χ1v) is 7.51. The second-order valence-corrected chi connectivity index (χ2v) is 7.50. The van der Waals surface area contributed by atoms with Crippen LogP contribution in [0.25, 0.3) is 0 Å². The molecule has 1 rings (SSSR count). The van der Waals surface area contributed by atoms with Crippen LogP contribution in [0.5, 0.6) is 5.75 Å². The summed E-state index contributed by atoms with van der Waals surface area (Å²) in [5, 5.41) is 8.85. The molecule has 0 aliphatic rings. The van der Waals surface area contributed by atoms with Gasteiger partial charge < -0.3 is 14.6 Å². The average Bonchev–Trinajstić information content (AvgIpc) is 2.36. The van der Waals surface area contributed by atoms with Gasteiger partial charge in [0.25, 0.3) is 0 Å². The van der Waals surface area contributed by atoms with Crippen LogP contribution in [0.1, 0.15) is 58.2 Å². The summed E-state index contributed by atoms with van der Waals surface area (Å²) in [6.07, 6.45) is 0. The van der Waals surface area contributed by atoms with Gasteiger partial charge in [0.1, 0.15) is 5.75 Å². The fraction of sp³-hybridized carbons (Fsp3) is 0.667. The quantitative estimate of drug-likeness (QED) is 0.840. The third-order valence-corrected chi connectivity index (χ3v) is 3.47. The molecule has 0 radical (unpaired) electrons. The Kier molecular flexibility index (Phi) is 5.83. The molecular weight excluding hydrogens is 264 g/mol. The summed E-state index contributed by atoms with van der Waals surface area (Å²) in [6, 6.07) is 4.32. The first-order valence-electron chi connectivity index (χ1n) is 7.51. The highest BCUT2D eigenvalue weighted by atomic mass is 16.5. The second kappa shape index (κ2) is 6.80. The maximum absolute atomic E-state index is 8.85. The van der Waals surface area contributed by atoms with Gasteiger partial charge in [-0.25, -0.2) is 0 Å². The molecule has 0 aliphatic heterocycles. The normalized spacial score (nSPS) is 12.6. The molecular formula is C18H30O3. The topological polar surface area (TPSA) is 38.7 Å². The van der Waals surface area contributed by atoms with Crippen molar-refractivity contribution in [2.24, 2.45) is 0 Å². The van der Waals surface area contributed by atoms with Crippen molar-refractivity contribution in [3.05, 3.63) is 28.8 Å². The molecule has 1 N–H and O–H groups in total. The molecule has 0 saturated carbocycles. The minimum atomic E-state index is -0.00165. The Morgan fingerprint density at radius 3 is 1.76 bits per heavy atom. The van der Waals surface area contributed by atoms with Crippen molar-refractivity contribution >= 4 is 0 Å². The van der Waals surface area contributed by atoms with E-state index in [1.165, 1.54) is 11.1 Å². The average molecular weight is 294 g/mol. The molecule has 21 heavy (non-hydrogen) atoms. The number of hydrogen-bond acceptors (Lipinski definition) is 3. The van der Waals surface area contributed by atoms with Gasteiger partial charge in [0.05, 0.1) is 26.9 Å². The van der Waals surface area contributed by atoms with E-state index in [2.05, 4.69) is 53.7 Å². The number of methoxy groups -OCH3 is 1. The molecule has 3 heteroatoms. The molecule has 0 amide bonds. The van der Waals surface area contributed by atoms with Crippen LogP contribution in [0.3, 0.4) is 0 Å². The second-order valence-electron chi connectivity index (χ2n) is 7.50. The van der Waals surface area contributed by atoms with Gasteiger partial charge in [0.15, 0.2) is 0 Å². The predicted octanol–water partition coefficient (Wildman–Crippen LogP) is 3.80. The van der Waals surface area contributed by atoms with Gasteiger partial charge >= 0.3 is 0 Å². The van der Waals surface area contributed by atoms with Crippen molar-refractivity contribution in [1.29, 1.82) is 0 Å². The molecule has 0 aromatic heterocycles. The fourth-order valence-corrected chi connectivity index (χ4v) is 2.36.